The third kappa shape index (κ3) is 6.14. The second-order valence-corrected chi connectivity index (χ2v) is 12.5. The van der Waals surface area contributed by atoms with Crippen molar-refractivity contribution in [3.05, 3.63) is 59.2 Å². The molecule has 3 aromatic carbocycles. The maximum Gasteiger partial charge on any atom is 0.254 e. The Balaban J connectivity index is 1.34. The first-order chi connectivity index (χ1) is 21.7. The average molecular weight is 642 g/mol. The molecule has 1 saturated heterocycles. The van der Waals surface area contributed by atoms with Crippen LogP contribution in [-0.4, -0.2) is 98.9 Å². The summed E-state index contributed by atoms with van der Waals surface area (Å²) in [4.78, 5) is 17.4. The lowest BCUT2D eigenvalue weighted by Crippen LogP contribution is -2.49. The zero-order valence-corrected chi connectivity index (χ0v) is 27.2. The molecular weight excluding hydrogens is 602 g/mol. The molecule has 5 rings (SSSR count). The fourth-order valence-corrected chi connectivity index (χ4v) is 7.27. The van der Waals surface area contributed by atoms with Crippen molar-refractivity contribution in [1.29, 1.82) is 0 Å². The van der Waals surface area contributed by atoms with E-state index < -0.39 is 10.0 Å². The van der Waals surface area contributed by atoms with Gasteiger partial charge in [0.2, 0.25) is 15.8 Å². The lowest BCUT2D eigenvalue weighted by atomic mass is 10.0. The Morgan fingerprint density at radius 1 is 0.644 bits per heavy atom. The van der Waals surface area contributed by atoms with Gasteiger partial charge in [-0.1, -0.05) is 0 Å². The molecule has 0 saturated carbocycles. The zero-order valence-electron chi connectivity index (χ0n) is 26.4. The van der Waals surface area contributed by atoms with Gasteiger partial charge >= 0.3 is 0 Å². The normalized spacial score (nSPS) is 15.2. The van der Waals surface area contributed by atoms with E-state index in [1.165, 1.54) is 25.6 Å². The standard InChI is InChI=1S/C32H39N3O9S/c1-39-26-8-7-24(45(37,38)35-10-9-21-15-27(40-2)28(41-3)18-23(21)20-35)19-25(26)33-11-13-34(14-12-33)32(36)22-16-29(42-4)31(44-6)30(17-22)43-5/h7-8,15-19H,9-14,20H2,1-6H3. The summed E-state index contributed by atoms with van der Waals surface area (Å²) < 4.78 is 62.0. The van der Waals surface area contributed by atoms with Gasteiger partial charge in [0.05, 0.1) is 53.2 Å². The van der Waals surface area contributed by atoms with Crippen molar-refractivity contribution in [2.75, 3.05) is 80.3 Å². The van der Waals surface area contributed by atoms with Crippen molar-refractivity contribution < 1.29 is 41.6 Å². The fourth-order valence-electron chi connectivity index (χ4n) is 5.83. The SMILES string of the molecule is COc1cc2c(cc1OC)CN(S(=O)(=O)c1ccc(OC)c(N3CCN(C(=O)c4cc(OC)c(OC)c(OC)c4)CC3)c1)CC2. The molecule has 2 heterocycles. The Hall–Kier alpha value is -4.36. The molecule has 1 fully saturated rings. The van der Waals surface area contributed by atoms with Gasteiger partial charge in [0.1, 0.15) is 5.75 Å². The zero-order chi connectivity index (χ0) is 32.3. The summed E-state index contributed by atoms with van der Waals surface area (Å²) >= 11 is 0. The van der Waals surface area contributed by atoms with Crippen LogP contribution in [0.15, 0.2) is 47.4 Å². The molecule has 0 aromatic heterocycles. The molecule has 0 unspecified atom stereocenters. The van der Waals surface area contributed by atoms with Crippen LogP contribution in [0, 0.1) is 0 Å². The maximum atomic E-state index is 13.9. The highest BCUT2D eigenvalue weighted by atomic mass is 32.2. The number of ether oxygens (including phenoxy) is 6. The number of rotatable bonds is 10. The minimum absolute atomic E-state index is 0.170. The predicted octanol–water partition coefficient (Wildman–Crippen LogP) is 3.45. The number of benzene rings is 3. The van der Waals surface area contributed by atoms with Gasteiger partial charge in [-0.15, -0.1) is 0 Å². The maximum absolute atomic E-state index is 13.9. The smallest absolute Gasteiger partial charge is 0.254 e. The second kappa shape index (κ2) is 13.3. The Morgan fingerprint density at radius 3 is 1.78 bits per heavy atom. The molecule has 2 aliphatic rings. The number of hydrogen-bond donors (Lipinski definition) is 0. The predicted molar refractivity (Wildman–Crippen MR) is 168 cm³/mol. The van der Waals surface area contributed by atoms with Gasteiger partial charge < -0.3 is 38.2 Å². The molecule has 0 aliphatic carbocycles. The van der Waals surface area contributed by atoms with Crippen LogP contribution in [0.2, 0.25) is 0 Å². The van der Waals surface area contributed by atoms with Crippen molar-refractivity contribution >= 4 is 21.6 Å². The highest BCUT2D eigenvalue weighted by Gasteiger charge is 2.32. The first-order valence-corrected chi connectivity index (χ1v) is 15.9. The van der Waals surface area contributed by atoms with Crippen LogP contribution in [0.5, 0.6) is 34.5 Å². The van der Waals surface area contributed by atoms with E-state index in [0.717, 1.165) is 11.1 Å². The minimum Gasteiger partial charge on any atom is -0.495 e. The average Bonchev–Trinajstić information content (AvgIpc) is 3.09. The topological polar surface area (TPSA) is 116 Å². The minimum atomic E-state index is -3.82. The highest BCUT2D eigenvalue weighted by Crippen LogP contribution is 2.39. The lowest BCUT2D eigenvalue weighted by Gasteiger charge is -2.37. The van der Waals surface area contributed by atoms with Crippen LogP contribution >= 0.6 is 0 Å². The first kappa shape index (κ1) is 32.0. The molecule has 0 bridgehead atoms. The molecule has 13 heteroatoms. The van der Waals surface area contributed by atoms with Crippen LogP contribution in [-0.2, 0) is 23.0 Å². The summed E-state index contributed by atoms with van der Waals surface area (Å²) in [5.41, 5.74) is 2.99. The fraction of sp³-hybridized carbons (Fsp3) is 0.406. The first-order valence-electron chi connectivity index (χ1n) is 14.4. The molecule has 12 nitrogen and oxygen atoms in total. The summed E-state index contributed by atoms with van der Waals surface area (Å²) in [6.45, 7) is 2.37. The summed E-state index contributed by atoms with van der Waals surface area (Å²) in [7, 11) is 5.39. The molecule has 242 valence electrons. The third-order valence-electron chi connectivity index (χ3n) is 8.29. The Labute approximate surface area is 264 Å². The quantitative estimate of drug-likeness (QED) is 0.326. The van der Waals surface area contributed by atoms with Gasteiger partial charge in [0.25, 0.3) is 5.91 Å². The number of carbonyl (C=O) groups excluding carboxylic acids is 1. The number of methoxy groups -OCH3 is 6. The van der Waals surface area contributed by atoms with Crippen molar-refractivity contribution in [3.8, 4) is 34.5 Å². The number of amides is 1. The summed E-state index contributed by atoms with van der Waals surface area (Å²) in [5, 5.41) is 0. The van der Waals surface area contributed by atoms with Crippen LogP contribution in [0.25, 0.3) is 0 Å². The van der Waals surface area contributed by atoms with E-state index in [1.54, 1.807) is 56.6 Å². The van der Waals surface area contributed by atoms with Crippen molar-refractivity contribution in [3.63, 3.8) is 0 Å². The Bertz CT molecular complexity index is 1650. The monoisotopic (exact) mass is 641 g/mol. The van der Waals surface area contributed by atoms with Gasteiger partial charge in [-0.25, -0.2) is 8.42 Å². The summed E-state index contributed by atoms with van der Waals surface area (Å²) in [6.07, 6.45) is 0.555. The van der Waals surface area contributed by atoms with E-state index in [2.05, 4.69) is 0 Å². The molecule has 3 aromatic rings. The molecule has 0 radical (unpaired) electrons. The number of anilines is 1. The third-order valence-corrected chi connectivity index (χ3v) is 10.1. The number of carbonyl (C=O) groups is 1. The van der Waals surface area contributed by atoms with Gasteiger partial charge in [0.15, 0.2) is 23.0 Å². The lowest BCUT2D eigenvalue weighted by molar-refractivity contribution is 0.0745. The number of sulfonamides is 1. The van der Waals surface area contributed by atoms with Gasteiger partial charge in [-0.2, -0.15) is 4.31 Å². The van der Waals surface area contributed by atoms with E-state index in [1.807, 2.05) is 17.0 Å². The molecule has 0 spiro atoms. The van der Waals surface area contributed by atoms with Crippen LogP contribution < -0.4 is 33.3 Å². The number of piperazine rings is 1. The summed E-state index contributed by atoms with van der Waals surface area (Å²) in [5.74, 6) is 2.78. The largest absolute Gasteiger partial charge is 0.495 e. The van der Waals surface area contributed by atoms with Crippen molar-refractivity contribution in [1.82, 2.24) is 9.21 Å². The highest BCUT2D eigenvalue weighted by molar-refractivity contribution is 7.89. The number of nitrogens with zero attached hydrogens (tertiary/aromatic N) is 3. The van der Waals surface area contributed by atoms with E-state index in [-0.39, 0.29) is 17.3 Å². The van der Waals surface area contributed by atoms with Gasteiger partial charge in [0, 0.05) is 44.8 Å². The molecule has 2 aliphatic heterocycles. The number of hydrogen-bond acceptors (Lipinski definition) is 10. The number of fused-ring (bicyclic) bond motifs is 1. The molecular formula is C32H39N3O9S. The second-order valence-electron chi connectivity index (χ2n) is 10.6. The van der Waals surface area contributed by atoms with Crippen LogP contribution in [0.1, 0.15) is 21.5 Å². The van der Waals surface area contributed by atoms with Crippen molar-refractivity contribution in [2.45, 2.75) is 17.9 Å². The van der Waals surface area contributed by atoms with E-state index in [9.17, 15) is 13.2 Å². The molecule has 0 N–H and O–H groups in total. The van der Waals surface area contributed by atoms with E-state index >= 15 is 0 Å². The Morgan fingerprint density at radius 2 is 1.22 bits per heavy atom. The van der Waals surface area contributed by atoms with Gasteiger partial charge in [-0.3, -0.25) is 4.79 Å². The van der Waals surface area contributed by atoms with Gasteiger partial charge in [-0.05, 0) is 60.0 Å². The van der Waals surface area contributed by atoms with E-state index in [4.69, 9.17) is 28.4 Å². The molecule has 0 atom stereocenters. The van der Waals surface area contributed by atoms with E-state index in [0.29, 0.717) is 84.9 Å². The van der Waals surface area contributed by atoms with Crippen molar-refractivity contribution in [2.24, 2.45) is 0 Å². The van der Waals surface area contributed by atoms with Crippen LogP contribution in [0.4, 0.5) is 5.69 Å². The molecule has 45 heavy (non-hydrogen) atoms. The van der Waals surface area contributed by atoms with Crippen LogP contribution in [0.3, 0.4) is 0 Å². The molecule has 1 amide bonds. The summed E-state index contributed by atoms with van der Waals surface area (Å²) in [6, 6.07) is 11.9. The Kier molecular flexibility index (Phi) is 9.49.